The molecule has 0 aromatic rings. The van der Waals surface area contributed by atoms with E-state index in [1.807, 2.05) is 13.8 Å². The number of aliphatic carboxylic acids is 1. The lowest BCUT2D eigenvalue weighted by Gasteiger charge is -2.24. The quantitative estimate of drug-likeness (QED) is 0.165. The van der Waals surface area contributed by atoms with Crippen molar-refractivity contribution in [3.05, 3.63) is 0 Å². The Morgan fingerprint density at radius 1 is 0.862 bits per heavy atom. The Labute approximate surface area is 168 Å². The second-order valence-corrected chi connectivity index (χ2v) is 7.13. The second-order valence-electron chi connectivity index (χ2n) is 7.13. The maximum Gasteiger partial charge on any atom is 0.326 e. The smallest absolute Gasteiger partial charge is 0.326 e. The molecule has 0 aromatic heterocycles. The zero-order valence-electron chi connectivity index (χ0n) is 16.8. The Morgan fingerprint density at radius 3 is 1.76 bits per heavy atom. The van der Waals surface area contributed by atoms with E-state index < -0.39 is 60.4 Å². The third-order valence-electron chi connectivity index (χ3n) is 3.86. The highest BCUT2D eigenvalue weighted by molar-refractivity contribution is 5.94. The summed E-state index contributed by atoms with van der Waals surface area (Å²) in [4.78, 5) is 58.7. The molecule has 0 radical (unpaired) electrons. The molecular weight excluding hydrogens is 386 g/mol. The number of amides is 4. The van der Waals surface area contributed by atoms with Gasteiger partial charge in [-0.15, -0.1) is 0 Å². The molecule has 0 bridgehead atoms. The van der Waals surface area contributed by atoms with Crippen LogP contribution < -0.4 is 27.4 Å². The maximum atomic E-state index is 12.5. The fourth-order valence-electron chi connectivity index (χ4n) is 2.29. The summed E-state index contributed by atoms with van der Waals surface area (Å²) in [5.41, 5.74) is 10.5. The molecule has 0 aliphatic heterocycles. The summed E-state index contributed by atoms with van der Waals surface area (Å²) >= 11 is 0. The first-order chi connectivity index (χ1) is 13.4. The maximum absolute atomic E-state index is 12.5. The Bertz CT molecular complexity index is 609. The van der Waals surface area contributed by atoms with Gasteiger partial charge in [-0.05, 0) is 25.7 Å². The molecule has 4 unspecified atom stereocenters. The Kier molecular flexibility index (Phi) is 11.5. The summed E-state index contributed by atoms with van der Waals surface area (Å²) in [6.07, 6.45) is -0.267. The highest BCUT2D eigenvalue weighted by Crippen LogP contribution is 2.06. The molecule has 0 aromatic carbocycles. The number of carbonyl (C=O) groups excluding carboxylic acids is 4. The van der Waals surface area contributed by atoms with Gasteiger partial charge in [-0.1, -0.05) is 13.8 Å². The lowest BCUT2D eigenvalue weighted by molar-refractivity contribution is -0.143. The predicted octanol–water partition coefficient (Wildman–Crippen LogP) is -2.82. The molecule has 0 aliphatic rings. The van der Waals surface area contributed by atoms with Gasteiger partial charge in [-0.3, -0.25) is 19.2 Å². The standard InChI is InChI=1S/C17H31N5O7/c1-8(2)6-11(21-14(25)9(3)18)15(26)22-12(7-23)16(27)20-10(17(28)29)4-5-13(19)24/h8-12,23H,4-7,18H2,1-3H3,(H2,19,24)(H,20,27)(H,21,25)(H,22,26)(H,28,29). The van der Waals surface area contributed by atoms with Crippen LogP contribution in [0.15, 0.2) is 0 Å². The van der Waals surface area contributed by atoms with Crippen LogP contribution in [-0.2, 0) is 24.0 Å². The lowest BCUT2D eigenvalue weighted by atomic mass is 10.0. The van der Waals surface area contributed by atoms with Gasteiger partial charge >= 0.3 is 5.97 Å². The summed E-state index contributed by atoms with van der Waals surface area (Å²) in [6.45, 7) is 4.28. The summed E-state index contributed by atoms with van der Waals surface area (Å²) in [6, 6.07) is -4.73. The van der Waals surface area contributed by atoms with E-state index in [1.54, 1.807) is 0 Å². The highest BCUT2D eigenvalue weighted by Gasteiger charge is 2.30. The van der Waals surface area contributed by atoms with Crippen LogP contribution in [0.3, 0.4) is 0 Å². The molecule has 4 amide bonds. The minimum atomic E-state index is -1.46. The molecule has 0 saturated carbocycles. The van der Waals surface area contributed by atoms with Crippen molar-refractivity contribution in [3.63, 3.8) is 0 Å². The monoisotopic (exact) mass is 417 g/mol. The molecule has 29 heavy (non-hydrogen) atoms. The molecule has 0 fully saturated rings. The number of carboxylic acids is 1. The molecule has 0 saturated heterocycles. The lowest BCUT2D eigenvalue weighted by Crippen LogP contribution is -2.58. The number of aliphatic hydroxyl groups excluding tert-OH is 1. The van der Waals surface area contributed by atoms with Crippen molar-refractivity contribution in [2.75, 3.05) is 6.61 Å². The summed E-state index contributed by atoms with van der Waals surface area (Å²) in [5.74, 6) is -4.37. The Hall–Kier alpha value is -2.73. The molecule has 9 N–H and O–H groups in total. The van der Waals surface area contributed by atoms with Crippen LogP contribution in [0.4, 0.5) is 0 Å². The van der Waals surface area contributed by atoms with Crippen molar-refractivity contribution in [2.24, 2.45) is 17.4 Å². The van der Waals surface area contributed by atoms with Gasteiger partial charge in [0.1, 0.15) is 18.1 Å². The van der Waals surface area contributed by atoms with E-state index >= 15 is 0 Å². The molecule has 12 heteroatoms. The third-order valence-corrected chi connectivity index (χ3v) is 3.86. The van der Waals surface area contributed by atoms with Gasteiger partial charge in [0.15, 0.2) is 0 Å². The van der Waals surface area contributed by atoms with Crippen molar-refractivity contribution in [3.8, 4) is 0 Å². The van der Waals surface area contributed by atoms with Crippen LogP contribution >= 0.6 is 0 Å². The highest BCUT2D eigenvalue weighted by atomic mass is 16.4. The van der Waals surface area contributed by atoms with Gasteiger partial charge in [-0.2, -0.15) is 0 Å². The molecule has 0 aliphatic carbocycles. The first-order valence-electron chi connectivity index (χ1n) is 9.17. The fourth-order valence-corrected chi connectivity index (χ4v) is 2.29. The number of carboxylic acid groups (broad SMARTS) is 1. The van der Waals surface area contributed by atoms with Crippen molar-refractivity contribution in [1.29, 1.82) is 0 Å². The molecule has 12 nitrogen and oxygen atoms in total. The minimum absolute atomic E-state index is 0.0192. The molecule has 0 spiro atoms. The zero-order valence-corrected chi connectivity index (χ0v) is 16.8. The van der Waals surface area contributed by atoms with Crippen LogP contribution in [0, 0.1) is 5.92 Å². The van der Waals surface area contributed by atoms with Crippen molar-refractivity contribution in [2.45, 2.75) is 64.2 Å². The van der Waals surface area contributed by atoms with Crippen LogP contribution in [-0.4, -0.2) is 70.6 Å². The normalized spacial score (nSPS) is 15.0. The number of aliphatic hydroxyl groups is 1. The average Bonchev–Trinajstić information content (AvgIpc) is 2.60. The van der Waals surface area contributed by atoms with Gasteiger partial charge in [0.2, 0.25) is 23.6 Å². The van der Waals surface area contributed by atoms with Crippen molar-refractivity contribution in [1.82, 2.24) is 16.0 Å². The first-order valence-corrected chi connectivity index (χ1v) is 9.17. The van der Waals surface area contributed by atoms with Crippen molar-refractivity contribution >= 4 is 29.6 Å². The Morgan fingerprint density at radius 2 is 1.34 bits per heavy atom. The molecule has 166 valence electrons. The first kappa shape index (κ1) is 26.3. The second kappa shape index (κ2) is 12.7. The van der Waals surface area contributed by atoms with Crippen LogP contribution in [0.1, 0.15) is 40.0 Å². The fraction of sp³-hybridized carbons (Fsp3) is 0.706. The topological polar surface area (TPSA) is 214 Å². The van der Waals surface area contributed by atoms with E-state index in [-0.39, 0.29) is 25.2 Å². The SMILES string of the molecule is CC(C)CC(NC(=O)C(C)N)C(=O)NC(CO)C(=O)NC(CCC(N)=O)C(=O)O. The zero-order chi connectivity index (χ0) is 22.7. The van der Waals surface area contributed by atoms with Gasteiger partial charge in [0, 0.05) is 6.42 Å². The number of nitrogens with one attached hydrogen (secondary N) is 3. The molecule has 0 rings (SSSR count). The van der Waals surface area contributed by atoms with E-state index in [1.165, 1.54) is 6.92 Å². The van der Waals surface area contributed by atoms with Crippen LogP contribution in [0.5, 0.6) is 0 Å². The van der Waals surface area contributed by atoms with Gasteiger partial charge in [0.25, 0.3) is 0 Å². The van der Waals surface area contributed by atoms with E-state index in [0.29, 0.717) is 0 Å². The van der Waals surface area contributed by atoms with Gasteiger partial charge in [0.05, 0.1) is 12.6 Å². The van der Waals surface area contributed by atoms with Crippen molar-refractivity contribution < 1.29 is 34.2 Å². The van der Waals surface area contributed by atoms with E-state index in [0.717, 1.165) is 0 Å². The number of nitrogens with two attached hydrogens (primary N) is 2. The number of hydrogen-bond acceptors (Lipinski definition) is 7. The average molecular weight is 417 g/mol. The number of carbonyl (C=O) groups is 5. The van der Waals surface area contributed by atoms with Gasteiger partial charge in [-0.25, -0.2) is 4.79 Å². The molecule has 0 heterocycles. The van der Waals surface area contributed by atoms with Gasteiger partial charge < -0.3 is 37.6 Å². The summed E-state index contributed by atoms with van der Waals surface area (Å²) in [7, 11) is 0. The predicted molar refractivity (Wildman–Crippen MR) is 102 cm³/mol. The number of hydrogen-bond donors (Lipinski definition) is 7. The summed E-state index contributed by atoms with van der Waals surface area (Å²) in [5, 5.41) is 25.5. The molecule has 4 atom stereocenters. The Balaban J connectivity index is 5.14. The van der Waals surface area contributed by atoms with Crippen LogP contribution in [0.2, 0.25) is 0 Å². The number of rotatable bonds is 13. The molecular formula is C17H31N5O7. The largest absolute Gasteiger partial charge is 0.480 e. The minimum Gasteiger partial charge on any atom is -0.480 e. The van der Waals surface area contributed by atoms with E-state index in [2.05, 4.69) is 16.0 Å². The van der Waals surface area contributed by atoms with Crippen LogP contribution in [0.25, 0.3) is 0 Å². The van der Waals surface area contributed by atoms with E-state index in [4.69, 9.17) is 16.6 Å². The number of primary amides is 1. The summed E-state index contributed by atoms with van der Waals surface area (Å²) < 4.78 is 0. The van der Waals surface area contributed by atoms with E-state index in [9.17, 15) is 29.1 Å². The third kappa shape index (κ3) is 10.4.